The van der Waals surface area contributed by atoms with Crippen molar-refractivity contribution in [1.82, 2.24) is 5.32 Å². The zero-order chi connectivity index (χ0) is 9.97. The summed E-state index contributed by atoms with van der Waals surface area (Å²) in [6.45, 7) is 6.30. The number of nitrogens with one attached hydrogen (secondary N) is 1. The van der Waals surface area contributed by atoms with Crippen LogP contribution in [0.1, 0.15) is 30.9 Å². The van der Waals surface area contributed by atoms with Gasteiger partial charge in [-0.2, -0.15) is 0 Å². The van der Waals surface area contributed by atoms with E-state index >= 15 is 0 Å². The highest BCUT2D eigenvalue weighted by Gasteiger charge is 2.08. The van der Waals surface area contributed by atoms with Crippen LogP contribution < -0.4 is 5.32 Å². The summed E-state index contributed by atoms with van der Waals surface area (Å²) in [5.41, 5.74) is 2.59. The van der Waals surface area contributed by atoms with Crippen molar-refractivity contribution >= 4 is 5.84 Å². The van der Waals surface area contributed by atoms with Gasteiger partial charge in [0.25, 0.3) is 0 Å². The Morgan fingerprint density at radius 3 is 2.86 bits per heavy atom. The van der Waals surface area contributed by atoms with Crippen molar-refractivity contribution in [1.29, 1.82) is 0 Å². The lowest BCUT2D eigenvalue weighted by Gasteiger charge is -2.08. The van der Waals surface area contributed by atoms with E-state index in [0.717, 1.165) is 18.9 Å². The number of rotatable bonds is 2. The maximum Gasteiger partial charge on any atom is 0.128 e. The van der Waals surface area contributed by atoms with E-state index < -0.39 is 0 Å². The second-order valence-electron chi connectivity index (χ2n) is 3.94. The van der Waals surface area contributed by atoms with Gasteiger partial charge < -0.3 is 5.32 Å². The molecule has 2 rings (SSSR count). The fourth-order valence-corrected chi connectivity index (χ4v) is 1.64. The van der Waals surface area contributed by atoms with Gasteiger partial charge in [0.1, 0.15) is 5.84 Å². The van der Waals surface area contributed by atoms with E-state index in [0.29, 0.717) is 5.92 Å². The van der Waals surface area contributed by atoms with Crippen LogP contribution in [0.3, 0.4) is 0 Å². The molecule has 0 aromatic heterocycles. The highest BCUT2D eigenvalue weighted by molar-refractivity contribution is 5.99. The number of amidine groups is 1. The Bertz CT molecular complexity index is 353. The third-order valence-electron chi connectivity index (χ3n) is 2.50. The first-order valence-electron chi connectivity index (χ1n) is 5.16. The topological polar surface area (TPSA) is 24.4 Å². The molecule has 1 aromatic rings. The third-order valence-corrected chi connectivity index (χ3v) is 2.50. The third kappa shape index (κ3) is 1.79. The van der Waals surface area contributed by atoms with Gasteiger partial charge in [-0.3, -0.25) is 4.99 Å². The molecule has 1 N–H and O–H groups in total. The Morgan fingerprint density at radius 2 is 2.21 bits per heavy atom. The molecule has 0 unspecified atom stereocenters. The molecule has 0 aliphatic carbocycles. The summed E-state index contributed by atoms with van der Waals surface area (Å²) in [6.07, 6.45) is 0. The molecule has 0 atom stereocenters. The van der Waals surface area contributed by atoms with Gasteiger partial charge in [-0.1, -0.05) is 32.0 Å². The number of nitrogens with zero attached hydrogens (tertiary/aromatic N) is 1. The maximum atomic E-state index is 4.41. The number of hydrogen-bond donors (Lipinski definition) is 1. The molecular formula is C12H16N2. The van der Waals surface area contributed by atoms with Gasteiger partial charge in [-0.15, -0.1) is 0 Å². The van der Waals surface area contributed by atoms with Crippen LogP contribution in [0.15, 0.2) is 29.3 Å². The average Bonchev–Trinajstić information content (AvgIpc) is 2.71. The minimum atomic E-state index is 0.581. The average molecular weight is 188 g/mol. The van der Waals surface area contributed by atoms with E-state index in [-0.39, 0.29) is 0 Å². The maximum absolute atomic E-state index is 4.41. The molecule has 0 radical (unpaired) electrons. The van der Waals surface area contributed by atoms with Gasteiger partial charge in [0.05, 0.1) is 6.54 Å². The second kappa shape index (κ2) is 3.82. The molecule has 0 fully saturated rings. The Morgan fingerprint density at radius 1 is 1.36 bits per heavy atom. The van der Waals surface area contributed by atoms with Gasteiger partial charge in [0.15, 0.2) is 0 Å². The smallest absolute Gasteiger partial charge is 0.128 e. The number of benzene rings is 1. The Balaban J connectivity index is 2.30. The van der Waals surface area contributed by atoms with Crippen LogP contribution >= 0.6 is 0 Å². The summed E-state index contributed by atoms with van der Waals surface area (Å²) in [4.78, 5) is 4.41. The predicted octanol–water partition coefficient (Wildman–Crippen LogP) is 2.16. The van der Waals surface area contributed by atoms with Gasteiger partial charge in [0, 0.05) is 12.1 Å². The predicted molar refractivity (Wildman–Crippen MR) is 59.9 cm³/mol. The highest BCUT2D eigenvalue weighted by atomic mass is 15.1. The molecular weight excluding hydrogens is 172 g/mol. The molecule has 0 amide bonds. The summed E-state index contributed by atoms with van der Waals surface area (Å²) in [6, 6.07) is 8.61. The van der Waals surface area contributed by atoms with Crippen LogP contribution in [0.4, 0.5) is 0 Å². The van der Waals surface area contributed by atoms with Crippen molar-refractivity contribution in [3.05, 3.63) is 35.4 Å². The Hall–Kier alpha value is -1.31. The first kappa shape index (κ1) is 9.25. The zero-order valence-corrected chi connectivity index (χ0v) is 8.75. The number of hydrogen-bond acceptors (Lipinski definition) is 2. The first-order valence-corrected chi connectivity index (χ1v) is 5.16. The lowest BCUT2D eigenvalue weighted by atomic mass is 10.0. The fourth-order valence-electron chi connectivity index (χ4n) is 1.64. The molecule has 0 bridgehead atoms. The fraction of sp³-hybridized carbons (Fsp3) is 0.417. The SMILES string of the molecule is CC(C)c1cccc(C2=NCCN2)c1. The van der Waals surface area contributed by atoms with Crippen LogP contribution in [-0.4, -0.2) is 18.9 Å². The van der Waals surface area contributed by atoms with Crippen LogP contribution in [0.25, 0.3) is 0 Å². The summed E-state index contributed by atoms with van der Waals surface area (Å²) >= 11 is 0. The van der Waals surface area contributed by atoms with Crippen molar-refractivity contribution in [2.75, 3.05) is 13.1 Å². The largest absolute Gasteiger partial charge is 0.368 e. The van der Waals surface area contributed by atoms with Gasteiger partial charge >= 0.3 is 0 Å². The molecule has 2 nitrogen and oxygen atoms in total. The van der Waals surface area contributed by atoms with Gasteiger partial charge in [-0.25, -0.2) is 0 Å². The minimum Gasteiger partial charge on any atom is -0.368 e. The standard InChI is InChI=1S/C12H16N2/c1-9(2)10-4-3-5-11(8-10)12-13-6-7-14-12/h3-5,8-9H,6-7H2,1-2H3,(H,13,14). The van der Waals surface area contributed by atoms with E-state index in [4.69, 9.17) is 0 Å². The van der Waals surface area contributed by atoms with Crippen molar-refractivity contribution < 1.29 is 0 Å². The molecule has 14 heavy (non-hydrogen) atoms. The molecule has 1 aromatic carbocycles. The lowest BCUT2D eigenvalue weighted by Crippen LogP contribution is -2.19. The zero-order valence-electron chi connectivity index (χ0n) is 8.75. The van der Waals surface area contributed by atoms with E-state index in [1.807, 2.05) is 0 Å². The summed E-state index contributed by atoms with van der Waals surface area (Å²) < 4.78 is 0. The van der Waals surface area contributed by atoms with E-state index in [9.17, 15) is 0 Å². The van der Waals surface area contributed by atoms with Gasteiger partial charge in [0.2, 0.25) is 0 Å². The summed E-state index contributed by atoms with van der Waals surface area (Å²) in [7, 11) is 0. The first-order chi connectivity index (χ1) is 6.77. The molecule has 1 heterocycles. The van der Waals surface area contributed by atoms with Crippen molar-refractivity contribution in [3.63, 3.8) is 0 Å². The van der Waals surface area contributed by atoms with Crippen LogP contribution in [0, 0.1) is 0 Å². The lowest BCUT2D eigenvalue weighted by molar-refractivity contribution is 0.866. The van der Waals surface area contributed by atoms with Crippen molar-refractivity contribution in [3.8, 4) is 0 Å². The second-order valence-corrected chi connectivity index (χ2v) is 3.94. The Labute approximate surface area is 85.1 Å². The minimum absolute atomic E-state index is 0.581. The van der Waals surface area contributed by atoms with E-state index in [1.165, 1.54) is 11.1 Å². The van der Waals surface area contributed by atoms with Crippen LogP contribution in [-0.2, 0) is 0 Å². The molecule has 1 aliphatic rings. The highest BCUT2D eigenvalue weighted by Crippen LogP contribution is 2.16. The van der Waals surface area contributed by atoms with Gasteiger partial charge in [-0.05, 0) is 17.5 Å². The molecule has 0 saturated heterocycles. The quantitative estimate of drug-likeness (QED) is 0.755. The van der Waals surface area contributed by atoms with Crippen molar-refractivity contribution in [2.45, 2.75) is 19.8 Å². The Kier molecular flexibility index (Phi) is 2.53. The normalized spacial score (nSPS) is 15.5. The van der Waals surface area contributed by atoms with E-state index in [2.05, 4.69) is 48.4 Å². The van der Waals surface area contributed by atoms with Crippen LogP contribution in [0.2, 0.25) is 0 Å². The molecule has 2 heteroatoms. The molecule has 74 valence electrons. The summed E-state index contributed by atoms with van der Waals surface area (Å²) in [5.74, 6) is 1.63. The molecule has 1 aliphatic heterocycles. The molecule has 0 saturated carbocycles. The number of aliphatic imine (C=N–C) groups is 1. The summed E-state index contributed by atoms with van der Waals surface area (Å²) in [5, 5.41) is 3.29. The van der Waals surface area contributed by atoms with Crippen molar-refractivity contribution in [2.24, 2.45) is 4.99 Å². The van der Waals surface area contributed by atoms with E-state index in [1.54, 1.807) is 0 Å². The van der Waals surface area contributed by atoms with Crippen LogP contribution in [0.5, 0.6) is 0 Å². The molecule has 0 spiro atoms. The monoisotopic (exact) mass is 188 g/mol.